The van der Waals surface area contributed by atoms with Crippen LogP contribution in [0.1, 0.15) is 20.8 Å². The fourth-order valence-corrected chi connectivity index (χ4v) is 0.720. The van der Waals surface area contributed by atoms with Gasteiger partial charge in [0, 0.05) is 18.3 Å². The molecule has 0 aliphatic carbocycles. The van der Waals surface area contributed by atoms with Crippen molar-refractivity contribution in [3.8, 4) is 0 Å². The van der Waals surface area contributed by atoms with Crippen LogP contribution in [0.4, 0.5) is 0 Å². The summed E-state index contributed by atoms with van der Waals surface area (Å²) >= 11 is 0. The minimum atomic E-state index is -0.425. The minimum Gasteiger partial charge on any atom is -0.463 e. The molecule has 1 atom stereocenters. The van der Waals surface area contributed by atoms with Crippen molar-refractivity contribution in [3.63, 3.8) is 0 Å². The van der Waals surface area contributed by atoms with Crippen LogP contribution in [-0.2, 0) is 9.53 Å². The van der Waals surface area contributed by atoms with E-state index in [9.17, 15) is 4.79 Å². The molecule has 0 unspecified atom stereocenters. The van der Waals surface area contributed by atoms with E-state index in [1.54, 1.807) is 20.8 Å². The zero-order valence-electron chi connectivity index (χ0n) is 8.33. The Labute approximate surface area is 78.6 Å². The second-order valence-electron chi connectivity index (χ2n) is 2.81. The summed E-state index contributed by atoms with van der Waals surface area (Å²) in [6.45, 7) is 5.98. The Hall–Kier alpha value is -1.03. The van der Waals surface area contributed by atoms with Crippen molar-refractivity contribution in [2.24, 2.45) is 0 Å². The quantitative estimate of drug-likeness (QED) is 0.484. The first-order valence-corrected chi connectivity index (χ1v) is 4.33. The van der Waals surface area contributed by atoms with Crippen LogP contribution in [-0.4, -0.2) is 30.3 Å². The number of rotatable bonds is 5. The van der Waals surface area contributed by atoms with E-state index in [0.29, 0.717) is 18.8 Å². The van der Waals surface area contributed by atoms with Gasteiger partial charge in [-0.3, -0.25) is 0 Å². The van der Waals surface area contributed by atoms with Crippen molar-refractivity contribution in [3.05, 3.63) is 11.8 Å². The molecule has 0 radical (unpaired) electrons. The van der Waals surface area contributed by atoms with Gasteiger partial charge < -0.3 is 15.2 Å². The van der Waals surface area contributed by atoms with Crippen LogP contribution in [0.5, 0.6) is 0 Å². The summed E-state index contributed by atoms with van der Waals surface area (Å²) in [7, 11) is 0. The van der Waals surface area contributed by atoms with E-state index in [2.05, 4.69) is 5.32 Å². The Morgan fingerprint density at radius 2 is 2.31 bits per heavy atom. The van der Waals surface area contributed by atoms with E-state index in [4.69, 9.17) is 9.84 Å². The van der Waals surface area contributed by atoms with Crippen LogP contribution in [0.15, 0.2) is 11.8 Å². The molecule has 0 bridgehead atoms. The van der Waals surface area contributed by atoms with Crippen molar-refractivity contribution in [1.82, 2.24) is 5.32 Å². The standard InChI is InChI=1S/C9H17NO3/c1-4-13-9(12)5-7(2)10-6-8(3)11/h5,8,10-11H,4,6H2,1-3H3/b7-5+/t8-/m0/s1. The molecule has 0 rings (SSSR count). The molecule has 0 amide bonds. The lowest BCUT2D eigenvalue weighted by atomic mass is 10.3. The Bertz CT molecular complexity index is 187. The number of nitrogens with one attached hydrogen (secondary N) is 1. The highest BCUT2D eigenvalue weighted by Crippen LogP contribution is 1.90. The van der Waals surface area contributed by atoms with Gasteiger partial charge in [0.2, 0.25) is 0 Å². The Balaban J connectivity index is 3.80. The summed E-state index contributed by atoms with van der Waals surface area (Å²) in [5.74, 6) is -0.363. The lowest BCUT2D eigenvalue weighted by Crippen LogP contribution is -2.23. The molecule has 0 aliphatic heterocycles. The zero-order valence-corrected chi connectivity index (χ0v) is 8.33. The highest BCUT2D eigenvalue weighted by Gasteiger charge is 1.98. The first kappa shape index (κ1) is 12.0. The summed E-state index contributed by atoms with van der Waals surface area (Å²) in [6, 6.07) is 0. The normalized spacial score (nSPS) is 13.7. The molecule has 0 saturated heterocycles. The van der Waals surface area contributed by atoms with E-state index in [1.165, 1.54) is 6.08 Å². The SMILES string of the molecule is CCOC(=O)/C=C(\C)NC[C@H](C)O. The highest BCUT2D eigenvalue weighted by molar-refractivity contribution is 5.82. The van der Waals surface area contributed by atoms with Crippen molar-refractivity contribution in [2.75, 3.05) is 13.2 Å². The minimum absolute atomic E-state index is 0.363. The van der Waals surface area contributed by atoms with Crippen LogP contribution in [0.2, 0.25) is 0 Å². The molecule has 13 heavy (non-hydrogen) atoms. The summed E-state index contributed by atoms with van der Waals surface area (Å²) in [5.41, 5.74) is 0.694. The van der Waals surface area contributed by atoms with E-state index in [1.807, 2.05) is 0 Å². The van der Waals surface area contributed by atoms with E-state index < -0.39 is 6.10 Å². The van der Waals surface area contributed by atoms with Crippen LogP contribution < -0.4 is 5.32 Å². The van der Waals surface area contributed by atoms with Crippen molar-refractivity contribution >= 4 is 5.97 Å². The summed E-state index contributed by atoms with van der Waals surface area (Å²) < 4.78 is 4.70. The van der Waals surface area contributed by atoms with E-state index in [-0.39, 0.29) is 5.97 Å². The third-order valence-electron chi connectivity index (χ3n) is 1.30. The lowest BCUT2D eigenvalue weighted by molar-refractivity contribution is -0.137. The molecule has 0 aliphatic rings. The fraction of sp³-hybridized carbons (Fsp3) is 0.667. The predicted molar refractivity (Wildman–Crippen MR) is 50.1 cm³/mol. The largest absolute Gasteiger partial charge is 0.463 e. The highest BCUT2D eigenvalue weighted by atomic mass is 16.5. The van der Waals surface area contributed by atoms with Crippen LogP contribution in [0.25, 0.3) is 0 Å². The number of carbonyl (C=O) groups is 1. The topological polar surface area (TPSA) is 58.6 Å². The number of esters is 1. The van der Waals surface area contributed by atoms with Crippen LogP contribution >= 0.6 is 0 Å². The molecule has 2 N–H and O–H groups in total. The maximum Gasteiger partial charge on any atom is 0.332 e. The predicted octanol–water partition coefficient (Wildman–Crippen LogP) is 0.424. The third-order valence-corrected chi connectivity index (χ3v) is 1.30. The maximum absolute atomic E-state index is 10.9. The number of hydrogen-bond acceptors (Lipinski definition) is 4. The number of aliphatic hydroxyl groups excluding tert-OH is 1. The van der Waals surface area contributed by atoms with E-state index >= 15 is 0 Å². The van der Waals surface area contributed by atoms with Gasteiger partial charge in [-0.05, 0) is 20.8 Å². The molecule has 0 saturated carbocycles. The van der Waals surface area contributed by atoms with Gasteiger partial charge >= 0.3 is 5.97 Å². The first-order valence-electron chi connectivity index (χ1n) is 4.33. The average Bonchev–Trinajstić information content (AvgIpc) is 2.01. The van der Waals surface area contributed by atoms with Crippen LogP contribution in [0, 0.1) is 0 Å². The van der Waals surface area contributed by atoms with E-state index in [0.717, 1.165) is 0 Å². The van der Waals surface area contributed by atoms with Gasteiger partial charge in [-0.25, -0.2) is 4.79 Å². The molecule has 0 spiro atoms. The molecular formula is C9H17NO3. The first-order chi connectivity index (χ1) is 6.06. The molecule has 0 aromatic rings. The number of carbonyl (C=O) groups excluding carboxylic acids is 1. The second-order valence-corrected chi connectivity index (χ2v) is 2.81. The Morgan fingerprint density at radius 1 is 1.69 bits per heavy atom. The third kappa shape index (κ3) is 7.33. The van der Waals surface area contributed by atoms with Gasteiger partial charge in [0.15, 0.2) is 0 Å². The van der Waals surface area contributed by atoms with Crippen molar-refractivity contribution in [2.45, 2.75) is 26.9 Å². The smallest absolute Gasteiger partial charge is 0.332 e. The monoisotopic (exact) mass is 187 g/mol. The van der Waals surface area contributed by atoms with Gasteiger partial charge in [0.25, 0.3) is 0 Å². The molecule has 0 aromatic heterocycles. The Morgan fingerprint density at radius 3 is 2.77 bits per heavy atom. The molecule has 0 fully saturated rings. The Kier molecular flexibility index (Phi) is 5.97. The summed E-state index contributed by atoms with van der Waals surface area (Å²) in [4.78, 5) is 10.9. The molecule has 0 aromatic carbocycles. The number of hydrogen-bond donors (Lipinski definition) is 2. The van der Waals surface area contributed by atoms with Crippen molar-refractivity contribution < 1.29 is 14.6 Å². The molecular weight excluding hydrogens is 170 g/mol. The van der Waals surface area contributed by atoms with Crippen LogP contribution in [0.3, 0.4) is 0 Å². The van der Waals surface area contributed by atoms with Gasteiger partial charge in [-0.2, -0.15) is 0 Å². The van der Waals surface area contributed by atoms with Gasteiger partial charge in [-0.15, -0.1) is 0 Å². The molecule has 4 heteroatoms. The number of ether oxygens (including phenoxy) is 1. The lowest BCUT2D eigenvalue weighted by Gasteiger charge is -2.07. The van der Waals surface area contributed by atoms with Crippen molar-refractivity contribution in [1.29, 1.82) is 0 Å². The maximum atomic E-state index is 10.9. The summed E-state index contributed by atoms with van der Waals surface area (Å²) in [6.07, 6.45) is 0.942. The fourth-order valence-electron chi connectivity index (χ4n) is 0.720. The second kappa shape index (κ2) is 6.48. The van der Waals surface area contributed by atoms with Gasteiger partial charge in [0.05, 0.1) is 12.7 Å². The van der Waals surface area contributed by atoms with Gasteiger partial charge in [-0.1, -0.05) is 0 Å². The number of allylic oxidation sites excluding steroid dienone is 1. The average molecular weight is 187 g/mol. The van der Waals surface area contributed by atoms with Gasteiger partial charge in [0.1, 0.15) is 0 Å². The molecule has 76 valence electrons. The zero-order chi connectivity index (χ0) is 10.3. The molecule has 4 nitrogen and oxygen atoms in total. The molecule has 0 heterocycles. The number of aliphatic hydroxyl groups is 1. The summed E-state index contributed by atoms with van der Waals surface area (Å²) in [5, 5.41) is 11.8.